The Morgan fingerprint density at radius 2 is 1.50 bits per heavy atom. The molecule has 0 unspecified atom stereocenters. The maximum atomic E-state index is 14.2. The van der Waals surface area contributed by atoms with Crippen LogP contribution in [0.4, 0.5) is 0 Å². The molecule has 6 aliphatic carbocycles. The molecular weight excluding hydrogens is 747 g/mol. The van der Waals surface area contributed by atoms with Crippen LogP contribution in [0.3, 0.4) is 0 Å². The van der Waals surface area contributed by atoms with Gasteiger partial charge in [0.05, 0.1) is 11.8 Å². The van der Waals surface area contributed by atoms with Crippen LogP contribution in [-0.4, -0.2) is 78.5 Å². The number of rotatable bonds is 11. The predicted octanol–water partition coefficient (Wildman–Crippen LogP) is 9.55. The highest BCUT2D eigenvalue weighted by Crippen LogP contribution is 2.77. The maximum absolute atomic E-state index is 14.2. The van der Waals surface area contributed by atoms with Crippen molar-refractivity contribution in [2.45, 2.75) is 152 Å². The molecule has 0 bridgehead atoms. The van der Waals surface area contributed by atoms with Crippen LogP contribution in [0.25, 0.3) is 0 Å². The summed E-state index contributed by atoms with van der Waals surface area (Å²) in [6.45, 7) is 28.3. The van der Waals surface area contributed by atoms with Gasteiger partial charge in [-0.25, -0.2) is 0 Å². The molecule has 5 saturated carbocycles. The van der Waals surface area contributed by atoms with E-state index in [0.29, 0.717) is 36.4 Å². The number of fused-ring (bicyclic) bond motifs is 7. The van der Waals surface area contributed by atoms with Crippen LogP contribution in [0.15, 0.2) is 35.4 Å². The van der Waals surface area contributed by atoms with E-state index in [0.717, 1.165) is 84.3 Å². The van der Waals surface area contributed by atoms with Crippen molar-refractivity contribution < 1.29 is 24.2 Å². The van der Waals surface area contributed by atoms with Crippen molar-refractivity contribution >= 4 is 17.7 Å². The number of ether oxygens (including phenoxy) is 1. The second-order valence-electron chi connectivity index (χ2n) is 23.6. The minimum atomic E-state index is -0.812. The smallest absolute Gasteiger partial charge is 0.309 e. The molecule has 7 aliphatic rings. The summed E-state index contributed by atoms with van der Waals surface area (Å²) >= 11 is 0. The normalized spacial score (nSPS) is 40.0. The molecular formula is C52H79N3O5. The van der Waals surface area contributed by atoms with Gasteiger partial charge in [0.1, 0.15) is 6.10 Å². The second kappa shape index (κ2) is 15.6. The molecule has 10 atom stereocenters. The molecule has 1 saturated heterocycles. The van der Waals surface area contributed by atoms with Gasteiger partial charge < -0.3 is 20.1 Å². The van der Waals surface area contributed by atoms with E-state index < -0.39 is 17.3 Å². The van der Waals surface area contributed by atoms with Crippen molar-refractivity contribution in [1.82, 2.24) is 15.1 Å². The van der Waals surface area contributed by atoms with Crippen LogP contribution in [0.5, 0.6) is 0 Å². The molecule has 6 fully saturated rings. The summed E-state index contributed by atoms with van der Waals surface area (Å²) in [5.41, 5.74) is 5.09. The number of carbonyl (C=O) groups excluding carboxylic acids is 2. The summed E-state index contributed by atoms with van der Waals surface area (Å²) < 4.78 is 6.46. The Balaban J connectivity index is 0.952. The largest absolute Gasteiger partial charge is 0.481 e. The third-order valence-corrected chi connectivity index (χ3v) is 19.8. The van der Waals surface area contributed by atoms with Crippen molar-refractivity contribution in [2.24, 2.45) is 68.0 Å². The number of hydrogen-bond donors (Lipinski definition) is 2. The van der Waals surface area contributed by atoms with Gasteiger partial charge in [-0.1, -0.05) is 92.2 Å². The van der Waals surface area contributed by atoms with E-state index in [-0.39, 0.29) is 51.0 Å². The summed E-state index contributed by atoms with van der Waals surface area (Å²) in [6.07, 6.45) is 10.8. The molecule has 60 heavy (non-hydrogen) atoms. The average molecular weight is 826 g/mol. The Morgan fingerprint density at radius 1 is 0.817 bits per heavy atom. The summed E-state index contributed by atoms with van der Waals surface area (Å²) in [7, 11) is 2.21. The second-order valence-corrected chi connectivity index (χ2v) is 23.6. The highest BCUT2D eigenvalue weighted by Gasteiger charge is 2.70. The fourth-order valence-corrected chi connectivity index (χ4v) is 15.8. The first-order valence-electron chi connectivity index (χ1n) is 24.1. The molecule has 1 aromatic carbocycles. The van der Waals surface area contributed by atoms with E-state index in [2.05, 4.69) is 94.9 Å². The van der Waals surface area contributed by atoms with Gasteiger partial charge in [-0.3, -0.25) is 19.3 Å². The Labute approximate surface area is 362 Å². The van der Waals surface area contributed by atoms with E-state index in [9.17, 15) is 19.5 Å². The SMILES string of the molecule is CC(C)C1=C2[C@H]3CC[C@@H]4[C@@]5(C)CC[C@H](OC(=O)[C@H]6C[C@@H](C(=O)O)C6(C)C)C(C)(C)[C@@H]5CC[C@@]4(C)[C@]3(C)CC[C@@]2(CCNCc2ccc(CN3CCN(C)CC3)cc2)CC1=O. The standard InChI is InChI=1S/C52H79N3O5/c1-33(2)43-39(56)30-52(23-24-53-31-34-11-13-35(14-12-34)32-55-27-25-54(10)26-28-55)22-21-50(8)36(44(43)52)15-16-41-49(7)19-18-42(48(5,6)40(49)17-20-51(41,50)9)60-46(59)38-29-37(45(57)58)47(38,3)4/h11-14,33,36-38,40-42,53H,15-32H2,1-10H3,(H,57,58)/t36-,37+,38-,40+,41-,42+,49+,50-,51-,52-/m1/s1. The molecule has 1 heterocycles. The molecule has 1 aliphatic heterocycles. The first-order valence-corrected chi connectivity index (χ1v) is 24.1. The van der Waals surface area contributed by atoms with Crippen LogP contribution >= 0.6 is 0 Å². The number of aliphatic carboxylic acids is 1. The van der Waals surface area contributed by atoms with Gasteiger partial charge in [0.15, 0.2) is 5.78 Å². The number of hydrogen-bond acceptors (Lipinski definition) is 7. The summed E-state index contributed by atoms with van der Waals surface area (Å²) in [5.74, 6) is 0.259. The zero-order chi connectivity index (χ0) is 43.2. The van der Waals surface area contributed by atoms with E-state index >= 15 is 0 Å². The molecule has 2 N–H and O–H groups in total. The first-order chi connectivity index (χ1) is 28.2. The summed E-state index contributed by atoms with van der Waals surface area (Å²) in [4.78, 5) is 44.6. The average Bonchev–Trinajstić information content (AvgIpc) is 3.48. The number of carboxylic acids is 1. The van der Waals surface area contributed by atoms with Crippen LogP contribution in [0, 0.1) is 68.0 Å². The van der Waals surface area contributed by atoms with Crippen LogP contribution in [-0.2, 0) is 32.2 Å². The Hall–Kier alpha value is -2.55. The van der Waals surface area contributed by atoms with Gasteiger partial charge in [0.25, 0.3) is 0 Å². The van der Waals surface area contributed by atoms with E-state index in [1.807, 2.05) is 13.8 Å². The van der Waals surface area contributed by atoms with E-state index in [1.54, 1.807) is 5.57 Å². The minimum Gasteiger partial charge on any atom is -0.481 e. The fourth-order valence-electron chi connectivity index (χ4n) is 15.8. The fraction of sp³-hybridized carbons (Fsp3) is 0.788. The Morgan fingerprint density at radius 3 is 2.15 bits per heavy atom. The number of esters is 1. The zero-order valence-electron chi connectivity index (χ0n) is 39.1. The zero-order valence-corrected chi connectivity index (χ0v) is 39.1. The van der Waals surface area contributed by atoms with E-state index in [1.165, 1.54) is 36.0 Å². The predicted molar refractivity (Wildman–Crippen MR) is 238 cm³/mol. The van der Waals surface area contributed by atoms with Gasteiger partial charge in [-0.05, 0) is 140 Å². The lowest BCUT2D eigenvalue weighted by atomic mass is 9.33. The topological polar surface area (TPSA) is 99.2 Å². The molecule has 0 amide bonds. The number of Topliss-reactive ketones (excluding diaryl/α,β-unsaturated/α-hetero) is 1. The number of carbonyl (C=O) groups is 3. The van der Waals surface area contributed by atoms with Gasteiger partial charge in [0.2, 0.25) is 0 Å². The molecule has 0 radical (unpaired) electrons. The molecule has 8 rings (SSSR count). The van der Waals surface area contributed by atoms with Crippen LogP contribution < -0.4 is 5.32 Å². The number of nitrogens with zero attached hydrogens (tertiary/aromatic N) is 2. The molecule has 0 spiro atoms. The number of ketones is 1. The highest BCUT2D eigenvalue weighted by molar-refractivity contribution is 6.00. The Kier molecular flexibility index (Phi) is 11.5. The van der Waals surface area contributed by atoms with E-state index in [4.69, 9.17) is 4.74 Å². The van der Waals surface area contributed by atoms with Gasteiger partial charge in [-0.15, -0.1) is 0 Å². The number of piperazine rings is 1. The number of nitrogens with one attached hydrogen (secondary N) is 1. The van der Waals surface area contributed by atoms with Crippen molar-refractivity contribution in [3.8, 4) is 0 Å². The van der Waals surface area contributed by atoms with Crippen LogP contribution in [0.1, 0.15) is 144 Å². The molecule has 0 aromatic heterocycles. The van der Waals surface area contributed by atoms with Gasteiger partial charge >= 0.3 is 11.9 Å². The molecule has 8 heteroatoms. The first kappa shape index (κ1) is 44.1. The Bertz CT molecular complexity index is 1860. The summed E-state index contributed by atoms with van der Waals surface area (Å²) in [6, 6.07) is 9.21. The van der Waals surface area contributed by atoms with Crippen molar-refractivity contribution in [2.75, 3.05) is 39.8 Å². The lowest BCUT2D eigenvalue weighted by molar-refractivity contribution is -0.236. The maximum Gasteiger partial charge on any atom is 0.309 e. The quantitative estimate of drug-likeness (QED) is 0.168. The van der Waals surface area contributed by atoms with Gasteiger partial charge in [-0.2, -0.15) is 0 Å². The third kappa shape index (κ3) is 6.98. The lowest BCUT2D eigenvalue weighted by Crippen LogP contribution is -2.66. The third-order valence-electron chi connectivity index (χ3n) is 19.8. The molecule has 8 nitrogen and oxygen atoms in total. The van der Waals surface area contributed by atoms with Crippen molar-refractivity contribution in [3.63, 3.8) is 0 Å². The highest BCUT2D eigenvalue weighted by atomic mass is 16.5. The summed E-state index contributed by atoms with van der Waals surface area (Å²) in [5, 5.41) is 13.5. The lowest BCUT2D eigenvalue weighted by Gasteiger charge is -2.72. The number of benzene rings is 1. The van der Waals surface area contributed by atoms with Crippen molar-refractivity contribution in [3.05, 3.63) is 46.5 Å². The van der Waals surface area contributed by atoms with Gasteiger partial charge in [0, 0.05) is 56.5 Å². The molecule has 1 aromatic rings. The minimum absolute atomic E-state index is 0.0338. The molecule has 332 valence electrons. The van der Waals surface area contributed by atoms with Crippen molar-refractivity contribution in [1.29, 1.82) is 0 Å². The number of allylic oxidation sites excluding steroid dienone is 2. The number of likely N-dealkylation sites (N-methyl/N-ethyl adjacent to an activating group) is 1. The van der Waals surface area contributed by atoms with Crippen LogP contribution in [0.2, 0.25) is 0 Å². The monoisotopic (exact) mass is 826 g/mol. The number of carboxylic acid groups (broad SMARTS) is 1.